The first-order valence-corrected chi connectivity index (χ1v) is 7.58. The molecular formula is C20H22. The maximum atomic E-state index is 2.40. The van der Waals surface area contributed by atoms with Gasteiger partial charge in [0.25, 0.3) is 0 Å². The molecule has 2 aliphatic rings. The summed E-state index contributed by atoms with van der Waals surface area (Å²) in [4.78, 5) is 0. The fourth-order valence-corrected chi connectivity index (χ4v) is 3.16. The number of allylic oxidation sites excluding steroid dienone is 7. The van der Waals surface area contributed by atoms with Crippen molar-refractivity contribution in [3.8, 4) is 0 Å². The van der Waals surface area contributed by atoms with Gasteiger partial charge in [-0.1, -0.05) is 67.5 Å². The molecule has 0 aromatic heterocycles. The Kier molecular flexibility index (Phi) is 3.48. The quantitative estimate of drug-likeness (QED) is 0.645. The van der Waals surface area contributed by atoms with Crippen LogP contribution in [0.4, 0.5) is 0 Å². The Bertz CT molecular complexity index is 646. The first kappa shape index (κ1) is 13.2. The molecule has 1 aromatic carbocycles. The van der Waals surface area contributed by atoms with Gasteiger partial charge >= 0.3 is 0 Å². The van der Waals surface area contributed by atoms with Crippen molar-refractivity contribution >= 4 is 6.08 Å². The van der Waals surface area contributed by atoms with E-state index in [9.17, 15) is 0 Å². The van der Waals surface area contributed by atoms with Gasteiger partial charge in [0.2, 0.25) is 0 Å². The summed E-state index contributed by atoms with van der Waals surface area (Å²) >= 11 is 0. The van der Waals surface area contributed by atoms with E-state index in [-0.39, 0.29) is 0 Å². The summed E-state index contributed by atoms with van der Waals surface area (Å²) in [5.74, 6) is 0.445. The van der Waals surface area contributed by atoms with Crippen LogP contribution < -0.4 is 0 Å². The Morgan fingerprint density at radius 3 is 2.65 bits per heavy atom. The van der Waals surface area contributed by atoms with E-state index in [2.05, 4.69) is 69.3 Å². The van der Waals surface area contributed by atoms with E-state index in [1.165, 1.54) is 46.3 Å². The summed E-state index contributed by atoms with van der Waals surface area (Å²) in [5, 5.41) is 0. The minimum Gasteiger partial charge on any atom is -0.0720 e. The van der Waals surface area contributed by atoms with E-state index < -0.39 is 0 Å². The molecule has 1 atom stereocenters. The summed E-state index contributed by atoms with van der Waals surface area (Å²) in [7, 11) is 0. The molecule has 0 spiro atoms. The molecule has 0 nitrogen and oxygen atoms in total. The Labute approximate surface area is 122 Å². The number of rotatable bonds is 3. The molecule has 0 heterocycles. The van der Waals surface area contributed by atoms with Crippen molar-refractivity contribution in [2.45, 2.75) is 39.5 Å². The number of hydrogen-bond donors (Lipinski definition) is 0. The molecule has 0 heteroatoms. The average molecular weight is 262 g/mol. The Balaban J connectivity index is 2.03. The van der Waals surface area contributed by atoms with Gasteiger partial charge in [-0.05, 0) is 48.1 Å². The van der Waals surface area contributed by atoms with Crippen LogP contribution in [0.3, 0.4) is 0 Å². The van der Waals surface area contributed by atoms with Crippen molar-refractivity contribution in [2.24, 2.45) is 0 Å². The fourth-order valence-electron chi connectivity index (χ4n) is 3.16. The highest BCUT2D eigenvalue weighted by Crippen LogP contribution is 2.43. The standard InChI is InChI=1S/C20H22/c1-4-7-16-12-17(14(2)3)13-20(16)19-11-10-15-8-5-6-9-18(15)19/h5-6,8-13,19H,4,7H2,1-3H3. The van der Waals surface area contributed by atoms with Gasteiger partial charge in [-0.3, -0.25) is 0 Å². The SMILES string of the molecule is CCCC1=CC(=C(C)C)C=C1C1C=Cc2ccccc21. The zero-order chi connectivity index (χ0) is 14.1. The van der Waals surface area contributed by atoms with Gasteiger partial charge < -0.3 is 0 Å². The van der Waals surface area contributed by atoms with Crippen LogP contribution in [-0.4, -0.2) is 0 Å². The monoisotopic (exact) mass is 262 g/mol. The molecule has 0 bridgehead atoms. The third-order valence-electron chi connectivity index (χ3n) is 4.24. The molecule has 102 valence electrons. The lowest BCUT2D eigenvalue weighted by Crippen LogP contribution is -1.99. The normalized spacial score (nSPS) is 19.9. The minimum absolute atomic E-state index is 0.445. The highest BCUT2D eigenvalue weighted by atomic mass is 14.3. The molecule has 20 heavy (non-hydrogen) atoms. The summed E-state index contributed by atoms with van der Waals surface area (Å²) in [6.45, 7) is 6.66. The van der Waals surface area contributed by atoms with Crippen LogP contribution in [0.1, 0.15) is 50.7 Å². The van der Waals surface area contributed by atoms with Crippen molar-refractivity contribution in [3.63, 3.8) is 0 Å². The number of hydrogen-bond acceptors (Lipinski definition) is 0. The highest BCUT2D eigenvalue weighted by molar-refractivity contribution is 5.69. The molecule has 0 amide bonds. The first-order chi connectivity index (χ1) is 9.70. The topological polar surface area (TPSA) is 0 Å². The number of fused-ring (bicyclic) bond motifs is 1. The number of benzene rings is 1. The Morgan fingerprint density at radius 1 is 1.10 bits per heavy atom. The average Bonchev–Trinajstić information content (AvgIpc) is 3.02. The summed E-state index contributed by atoms with van der Waals surface area (Å²) < 4.78 is 0. The van der Waals surface area contributed by atoms with E-state index in [0.717, 1.165) is 0 Å². The van der Waals surface area contributed by atoms with Crippen LogP contribution in [0.5, 0.6) is 0 Å². The maximum absolute atomic E-state index is 2.40. The molecule has 3 rings (SSSR count). The predicted octanol–water partition coefficient (Wildman–Crippen LogP) is 5.80. The van der Waals surface area contributed by atoms with Gasteiger partial charge in [0.15, 0.2) is 0 Å². The molecule has 1 unspecified atom stereocenters. The second-order valence-corrected chi connectivity index (χ2v) is 5.94. The van der Waals surface area contributed by atoms with Crippen molar-refractivity contribution in [1.29, 1.82) is 0 Å². The maximum Gasteiger partial charge on any atom is 0.0281 e. The van der Waals surface area contributed by atoms with E-state index in [1.807, 2.05) is 0 Å². The molecule has 2 aliphatic carbocycles. The van der Waals surface area contributed by atoms with E-state index >= 15 is 0 Å². The van der Waals surface area contributed by atoms with Crippen LogP contribution in [-0.2, 0) is 0 Å². The molecule has 0 N–H and O–H groups in total. The third-order valence-corrected chi connectivity index (χ3v) is 4.24. The summed E-state index contributed by atoms with van der Waals surface area (Å²) in [5.41, 5.74) is 8.67. The first-order valence-electron chi connectivity index (χ1n) is 7.58. The van der Waals surface area contributed by atoms with Crippen LogP contribution in [0.15, 0.2) is 64.8 Å². The van der Waals surface area contributed by atoms with Crippen LogP contribution in [0.25, 0.3) is 6.08 Å². The fraction of sp³-hybridized carbons (Fsp3) is 0.300. The molecule has 0 saturated carbocycles. The largest absolute Gasteiger partial charge is 0.0720 e. The van der Waals surface area contributed by atoms with Crippen LogP contribution in [0.2, 0.25) is 0 Å². The summed E-state index contributed by atoms with van der Waals surface area (Å²) in [6.07, 6.45) is 11.8. The van der Waals surface area contributed by atoms with Crippen LogP contribution >= 0.6 is 0 Å². The Hall–Kier alpha value is -1.82. The molecule has 0 radical (unpaired) electrons. The molecule has 0 fully saturated rings. The predicted molar refractivity (Wildman–Crippen MR) is 87.7 cm³/mol. The van der Waals surface area contributed by atoms with Gasteiger partial charge in [0.05, 0.1) is 0 Å². The van der Waals surface area contributed by atoms with Gasteiger partial charge in [0.1, 0.15) is 0 Å². The lowest BCUT2D eigenvalue weighted by Gasteiger charge is -2.15. The van der Waals surface area contributed by atoms with Gasteiger partial charge in [-0.2, -0.15) is 0 Å². The zero-order valence-corrected chi connectivity index (χ0v) is 12.6. The molecule has 1 aromatic rings. The van der Waals surface area contributed by atoms with E-state index in [1.54, 1.807) is 0 Å². The van der Waals surface area contributed by atoms with Crippen molar-refractivity contribution < 1.29 is 0 Å². The lowest BCUT2D eigenvalue weighted by atomic mass is 9.88. The molecule has 0 saturated heterocycles. The zero-order valence-electron chi connectivity index (χ0n) is 12.6. The van der Waals surface area contributed by atoms with Gasteiger partial charge in [-0.15, -0.1) is 0 Å². The molecular weight excluding hydrogens is 240 g/mol. The lowest BCUT2D eigenvalue weighted by molar-refractivity contribution is 0.885. The van der Waals surface area contributed by atoms with E-state index in [4.69, 9.17) is 0 Å². The molecule has 0 aliphatic heterocycles. The Morgan fingerprint density at radius 2 is 1.90 bits per heavy atom. The highest BCUT2D eigenvalue weighted by Gasteiger charge is 2.25. The summed E-state index contributed by atoms with van der Waals surface area (Å²) in [6, 6.07) is 8.76. The van der Waals surface area contributed by atoms with Gasteiger partial charge in [0, 0.05) is 5.92 Å². The van der Waals surface area contributed by atoms with Gasteiger partial charge in [-0.25, -0.2) is 0 Å². The second-order valence-electron chi connectivity index (χ2n) is 5.94. The smallest absolute Gasteiger partial charge is 0.0281 e. The second kappa shape index (κ2) is 5.28. The van der Waals surface area contributed by atoms with Crippen LogP contribution in [0, 0.1) is 0 Å². The van der Waals surface area contributed by atoms with Crippen molar-refractivity contribution in [1.82, 2.24) is 0 Å². The van der Waals surface area contributed by atoms with E-state index in [0.29, 0.717) is 5.92 Å². The third kappa shape index (κ3) is 2.20. The minimum atomic E-state index is 0.445. The van der Waals surface area contributed by atoms with Crippen molar-refractivity contribution in [2.75, 3.05) is 0 Å². The van der Waals surface area contributed by atoms with Crippen molar-refractivity contribution in [3.05, 3.63) is 75.9 Å².